The molecule has 0 radical (unpaired) electrons. The Kier molecular flexibility index (Phi) is 5.07. The second-order valence-corrected chi connectivity index (χ2v) is 6.98. The van der Waals surface area contributed by atoms with Crippen LogP contribution in [-0.2, 0) is 4.74 Å². The maximum atomic E-state index is 13.9. The third-order valence-electron chi connectivity index (χ3n) is 4.65. The van der Waals surface area contributed by atoms with Gasteiger partial charge in [0, 0.05) is 5.02 Å². The molecule has 0 aromatic heterocycles. The largest absolute Gasteiger partial charge is 0.374 e. The van der Waals surface area contributed by atoms with Crippen molar-refractivity contribution in [3.8, 4) is 0 Å². The van der Waals surface area contributed by atoms with Crippen LogP contribution in [0.1, 0.15) is 37.3 Å². The van der Waals surface area contributed by atoms with Crippen molar-refractivity contribution < 1.29 is 13.9 Å². The van der Waals surface area contributed by atoms with Gasteiger partial charge in [0.05, 0.1) is 25.8 Å². The van der Waals surface area contributed by atoms with Crippen molar-refractivity contribution in [3.63, 3.8) is 0 Å². The lowest BCUT2D eigenvalue weighted by Crippen LogP contribution is -2.55. The SMILES string of the molecule is O=C(NCC1(F)COC1)N[C@H](c1cccc(Cl)c1)C1CCCC1. The van der Waals surface area contributed by atoms with Crippen LogP contribution in [0.25, 0.3) is 0 Å². The number of alkyl halides is 1. The fourth-order valence-corrected chi connectivity index (χ4v) is 3.52. The highest BCUT2D eigenvalue weighted by Gasteiger charge is 2.39. The van der Waals surface area contributed by atoms with E-state index in [0.29, 0.717) is 10.9 Å². The zero-order chi connectivity index (χ0) is 16.3. The molecule has 6 heteroatoms. The van der Waals surface area contributed by atoms with Crippen molar-refractivity contribution in [2.24, 2.45) is 5.92 Å². The minimum atomic E-state index is -1.42. The molecule has 1 saturated heterocycles. The van der Waals surface area contributed by atoms with Gasteiger partial charge in [-0.15, -0.1) is 0 Å². The van der Waals surface area contributed by atoms with Gasteiger partial charge in [0.15, 0.2) is 5.67 Å². The second-order valence-electron chi connectivity index (χ2n) is 6.55. The second kappa shape index (κ2) is 7.05. The molecule has 1 aromatic carbocycles. The summed E-state index contributed by atoms with van der Waals surface area (Å²) < 4.78 is 18.7. The highest BCUT2D eigenvalue weighted by molar-refractivity contribution is 6.30. The summed E-state index contributed by atoms with van der Waals surface area (Å²) in [7, 11) is 0. The van der Waals surface area contributed by atoms with E-state index in [1.807, 2.05) is 24.3 Å². The predicted octanol–water partition coefficient (Wildman–Crippen LogP) is 3.61. The van der Waals surface area contributed by atoms with Crippen molar-refractivity contribution in [1.29, 1.82) is 0 Å². The Balaban J connectivity index is 1.64. The lowest BCUT2D eigenvalue weighted by Gasteiger charge is -2.34. The fraction of sp³-hybridized carbons (Fsp3) is 0.588. The summed E-state index contributed by atoms with van der Waals surface area (Å²) in [6.45, 7) is 0.0764. The summed E-state index contributed by atoms with van der Waals surface area (Å²) in [6, 6.07) is 7.14. The van der Waals surface area contributed by atoms with Crippen molar-refractivity contribution in [2.45, 2.75) is 37.4 Å². The molecule has 0 unspecified atom stereocenters. The number of hydrogen-bond donors (Lipinski definition) is 2. The number of amides is 2. The van der Waals surface area contributed by atoms with E-state index in [1.165, 1.54) is 12.8 Å². The van der Waals surface area contributed by atoms with E-state index in [2.05, 4.69) is 10.6 Å². The number of halogens is 2. The number of benzene rings is 1. The summed E-state index contributed by atoms with van der Waals surface area (Å²) in [5.41, 5.74) is -0.419. The number of hydrogen-bond acceptors (Lipinski definition) is 2. The number of carbonyl (C=O) groups excluding carboxylic acids is 1. The summed E-state index contributed by atoms with van der Waals surface area (Å²) in [5, 5.41) is 6.29. The van der Waals surface area contributed by atoms with E-state index < -0.39 is 5.67 Å². The molecule has 1 aromatic rings. The quantitative estimate of drug-likeness (QED) is 0.860. The molecule has 2 amide bonds. The fourth-order valence-electron chi connectivity index (χ4n) is 3.32. The van der Waals surface area contributed by atoms with Crippen LogP contribution in [0.2, 0.25) is 5.02 Å². The molecule has 2 fully saturated rings. The summed E-state index contributed by atoms with van der Waals surface area (Å²) in [4.78, 5) is 12.2. The number of carbonyl (C=O) groups is 1. The van der Waals surface area contributed by atoms with Crippen molar-refractivity contribution in [2.75, 3.05) is 19.8 Å². The topological polar surface area (TPSA) is 50.4 Å². The Labute approximate surface area is 140 Å². The smallest absolute Gasteiger partial charge is 0.315 e. The molecule has 3 rings (SSSR count). The Hall–Kier alpha value is -1.33. The van der Waals surface area contributed by atoms with E-state index in [9.17, 15) is 9.18 Å². The first-order chi connectivity index (χ1) is 11.1. The van der Waals surface area contributed by atoms with Gasteiger partial charge < -0.3 is 15.4 Å². The Morgan fingerprint density at radius 2 is 2.13 bits per heavy atom. The molecule has 1 aliphatic heterocycles. The highest BCUT2D eigenvalue weighted by atomic mass is 35.5. The van der Waals surface area contributed by atoms with Crippen LogP contribution >= 0.6 is 11.6 Å². The average Bonchev–Trinajstić information content (AvgIpc) is 3.02. The highest BCUT2D eigenvalue weighted by Crippen LogP contribution is 2.36. The summed E-state index contributed by atoms with van der Waals surface area (Å²) in [5.74, 6) is 0.394. The standard InChI is InChI=1S/C17H22ClFN2O2/c18-14-7-3-6-13(8-14)15(12-4-1-2-5-12)21-16(22)20-9-17(19)10-23-11-17/h3,6-8,12,15H,1-2,4-5,9-11H2,(H2,20,21,22)/t15-/m0/s1. The van der Waals surface area contributed by atoms with Crippen LogP contribution in [0.15, 0.2) is 24.3 Å². The first kappa shape index (κ1) is 16.5. The molecular formula is C17H22ClFN2O2. The van der Waals surface area contributed by atoms with E-state index in [0.717, 1.165) is 18.4 Å². The molecule has 0 bridgehead atoms. The van der Waals surface area contributed by atoms with Gasteiger partial charge >= 0.3 is 6.03 Å². The maximum Gasteiger partial charge on any atom is 0.315 e. The first-order valence-electron chi connectivity index (χ1n) is 8.12. The van der Waals surface area contributed by atoms with Gasteiger partial charge in [-0.1, -0.05) is 36.6 Å². The molecule has 2 aliphatic rings. The molecule has 1 heterocycles. The third-order valence-corrected chi connectivity index (χ3v) is 4.89. The van der Waals surface area contributed by atoms with Crippen LogP contribution in [0.3, 0.4) is 0 Å². The van der Waals surface area contributed by atoms with Gasteiger partial charge in [-0.25, -0.2) is 9.18 Å². The Bertz CT molecular complexity index is 559. The van der Waals surface area contributed by atoms with Gasteiger partial charge in [-0.05, 0) is 36.5 Å². The van der Waals surface area contributed by atoms with E-state index >= 15 is 0 Å². The van der Waals surface area contributed by atoms with Crippen LogP contribution in [0.4, 0.5) is 9.18 Å². The van der Waals surface area contributed by atoms with Crippen LogP contribution in [0, 0.1) is 5.92 Å². The Morgan fingerprint density at radius 1 is 1.39 bits per heavy atom. The molecule has 4 nitrogen and oxygen atoms in total. The molecule has 1 atom stereocenters. The molecule has 126 valence electrons. The molecular weight excluding hydrogens is 319 g/mol. The maximum absolute atomic E-state index is 13.9. The third kappa shape index (κ3) is 4.15. The van der Waals surface area contributed by atoms with E-state index in [4.69, 9.17) is 16.3 Å². The van der Waals surface area contributed by atoms with Gasteiger partial charge in [-0.2, -0.15) is 0 Å². The summed E-state index contributed by atoms with van der Waals surface area (Å²) >= 11 is 6.09. The lowest BCUT2D eigenvalue weighted by atomic mass is 9.92. The van der Waals surface area contributed by atoms with Crippen LogP contribution < -0.4 is 10.6 Å². The number of urea groups is 1. The van der Waals surface area contributed by atoms with Crippen molar-refractivity contribution in [1.82, 2.24) is 10.6 Å². The molecule has 23 heavy (non-hydrogen) atoms. The normalized spacial score (nSPS) is 21.5. The predicted molar refractivity (Wildman–Crippen MR) is 87.3 cm³/mol. The molecule has 2 N–H and O–H groups in total. The number of rotatable bonds is 5. The van der Waals surface area contributed by atoms with Gasteiger partial charge in [0.2, 0.25) is 0 Å². The van der Waals surface area contributed by atoms with Gasteiger partial charge in [0.1, 0.15) is 0 Å². The molecule has 0 spiro atoms. The van der Waals surface area contributed by atoms with Crippen molar-refractivity contribution in [3.05, 3.63) is 34.9 Å². The van der Waals surface area contributed by atoms with E-state index in [1.54, 1.807) is 0 Å². The van der Waals surface area contributed by atoms with Crippen molar-refractivity contribution >= 4 is 17.6 Å². The zero-order valence-electron chi connectivity index (χ0n) is 13.0. The monoisotopic (exact) mass is 340 g/mol. The molecule has 1 aliphatic carbocycles. The van der Waals surface area contributed by atoms with Crippen LogP contribution in [-0.4, -0.2) is 31.5 Å². The minimum absolute atomic E-state index is 0.0221. The zero-order valence-corrected chi connectivity index (χ0v) is 13.7. The van der Waals surface area contributed by atoms with E-state index in [-0.39, 0.29) is 31.8 Å². The first-order valence-corrected chi connectivity index (χ1v) is 8.50. The number of ether oxygens (including phenoxy) is 1. The minimum Gasteiger partial charge on any atom is -0.374 e. The van der Waals surface area contributed by atoms with Crippen LogP contribution in [0.5, 0.6) is 0 Å². The van der Waals surface area contributed by atoms with Gasteiger partial charge in [-0.3, -0.25) is 0 Å². The lowest BCUT2D eigenvalue weighted by molar-refractivity contribution is -0.125. The summed E-state index contributed by atoms with van der Waals surface area (Å²) in [6.07, 6.45) is 4.52. The van der Waals surface area contributed by atoms with Gasteiger partial charge in [0.25, 0.3) is 0 Å². The average molecular weight is 341 g/mol. The number of nitrogens with one attached hydrogen (secondary N) is 2. The molecule has 1 saturated carbocycles. The Morgan fingerprint density at radius 3 is 2.74 bits per heavy atom.